The number of nitrogens with one attached hydrogen (secondary N) is 4. The van der Waals surface area contributed by atoms with Crippen LogP contribution in [0.3, 0.4) is 0 Å². The minimum Gasteiger partial charge on any atom is -0.434 e. The van der Waals surface area contributed by atoms with Crippen molar-refractivity contribution in [2.75, 3.05) is 26.3 Å². The molecule has 5 amide bonds. The van der Waals surface area contributed by atoms with E-state index in [1.165, 1.54) is 11.0 Å². The number of nitrogens with zero attached hydrogens (tertiary/aromatic N) is 1. The molecule has 48 heavy (non-hydrogen) atoms. The van der Waals surface area contributed by atoms with Gasteiger partial charge in [0.25, 0.3) is 5.91 Å². The number of hydrogen-bond acceptors (Lipinski definition) is 8. The van der Waals surface area contributed by atoms with Crippen LogP contribution in [0, 0.1) is 34.0 Å². The van der Waals surface area contributed by atoms with Crippen LogP contribution >= 0.6 is 0 Å². The molecule has 3 aliphatic rings. The van der Waals surface area contributed by atoms with Gasteiger partial charge in [-0.3, -0.25) is 19.2 Å². The first-order valence-corrected chi connectivity index (χ1v) is 17.1. The zero-order chi connectivity index (χ0) is 36.2. The molecule has 1 aliphatic heterocycles. The second-order valence-corrected chi connectivity index (χ2v) is 16.3. The summed E-state index contributed by atoms with van der Waals surface area (Å²) in [5, 5.41) is 10.9. The summed E-state index contributed by atoms with van der Waals surface area (Å²) in [5.41, 5.74) is -1.45. The maximum atomic E-state index is 14.3. The van der Waals surface area contributed by atoms with Gasteiger partial charge in [0.05, 0.1) is 18.7 Å². The molecule has 13 heteroatoms. The summed E-state index contributed by atoms with van der Waals surface area (Å²) in [6.45, 7) is 21.3. The van der Waals surface area contributed by atoms with Gasteiger partial charge in [0, 0.05) is 13.1 Å². The number of ketones is 1. The van der Waals surface area contributed by atoms with E-state index in [4.69, 9.17) is 9.47 Å². The van der Waals surface area contributed by atoms with Gasteiger partial charge in [0.15, 0.2) is 0 Å². The number of carbonyl (C=O) groups excluding carboxylic acids is 6. The van der Waals surface area contributed by atoms with Crippen molar-refractivity contribution in [1.29, 1.82) is 0 Å². The molecule has 0 spiro atoms. The number of fused-ring (bicyclic) bond motifs is 1. The highest BCUT2D eigenvalue weighted by Crippen LogP contribution is 2.65. The van der Waals surface area contributed by atoms with Crippen molar-refractivity contribution in [3.05, 3.63) is 12.7 Å². The van der Waals surface area contributed by atoms with Gasteiger partial charge >= 0.3 is 12.2 Å². The van der Waals surface area contributed by atoms with Crippen molar-refractivity contribution in [2.24, 2.45) is 34.0 Å². The lowest BCUT2D eigenvalue weighted by atomic mass is 9.85. The van der Waals surface area contributed by atoms with E-state index in [9.17, 15) is 28.8 Å². The highest BCUT2D eigenvalue weighted by Gasteiger charge is 2.70. The van der Waals surface area contributed by atoms with Crippen molar-refractivity contribution in [1.82, 2.24) is 26.2 Å². The maximum Gasteiger partial charge on any atom is 0.508 e. The molecule has 6 atom stereocenters. The molecule has 3 rings (SSSR count). The van der Waals surface area contributed by atoms with Crippen molar-refractivity contribution in [3.8, 4) is 0 Å². The van der Waals surface area contributed by atoms with Gasteiger partial charge in [-0.1, -0.05) is 74.8 Å². The van der Waals surface area contributed by atoms with Crippen LogP contribution in [0.2, 0.25) is 0 Å². The first-order chi connectivity index (χ1) is 22.2. The quantitative estimate of drug-likeness (QED) is 0.116. The Kier molecular flexibility index (Phi) is 12.4. The van der Waals surface area contributed by atoms with Crippen molar-refractivity contribution >= 4 is 35.7 Å². The van der Waals surface area contributed by atoms with E-state index < -0.39 is 70.7 Å². The fourth-order valence-corrected chi connectivity index (χ4v) is 6.36. The van der Waals surface area contributed by atoms with E-state index in [1.54, 1.807) is 0 Å². The summed E-state index contributed by atoms with van der Waals surface area (Å²) >= 11 is 0. The Morgan fingerprint density at radius 3 is 2.15 bits per heavy atom. The molecule has 270 valence electrons. The van der Waals surface area contributed by atoms with Gasteiger partial charge in [-0.15, -0.1) is 6.58 Å². The summed E-state index contributed by atoms with van der Waals surface area (Å²) in [6.07, 6.45) is 3.53. The number of hydrogen-bond donors (Lipinski definition) is 4. The Morgan fingerprint density at radius 1 is 0.958 bits per heavy atom. The normalized spacial score (nSPS) is 23.0. The number of amides is 5. The molecule has 0 aromatic carbocycles. The van der Waals surface area contributed by atoms with E-state index in [1.807, 2.05) is 62.3 Å². The molecule has 1 saturated heterocycles. The second-order valence-electron chi connectivity index (χ2n) is 16.3. The van der Waals surface area contributed by atoms with Crippen LogP contribution in [0.15, 0.2) is 12.7 Å². The molecule has 0 aromatic rings. The Bertz CT molecular complexity index is 1250. The SMILES string of the molecule is C=CCNC(=O)C(=O)C(CCC)NC(=O)C1[C@@H]2[C@H](CN1C(=O)C(NC(=O)N[C@H](COC(=O)OCC1CC1)C(C)(C)C)C(C)(C)C)C2(C)C. The fourth-order valence-electron chi connectivity index (χ4n) is 6.36. The minimum atomic E-state index is -1.05. The van der Waals surface area contributed by atoms with Gasteiger partial charge in [-0.05, 0) is 53.3 Å². The van der Waals surface area contributed by atoms with E-state index in [0.717, 1.165) is 12.8 Å². The predicted octanol–water partition coefficient (Wildman–Crippen LogP) is 3.32. The molecule has 2 aliphatic carbocycles. The van der Waals surface area contributed by atoms with E-state index in [-0.39, 0.29) is 36.8 Å². The van der Waals surface area contributed by atoms with Crippen LogP contribution in [0.25, 0.3) is 0 Å². The molecule has 0 bridgehead atoms. The van der Waals surface area contributed by atoms with E-state index in [2.05, 4.69) is 27.8 Å². The third-order valence-electron chi connectivity index (χ3n) is 9.84. The lowest BCUT2D eigenvalue weighted by molar-refractivity contribution is -0.145. The van der Waals surface area contributed by atoms with Crippen LogP contribution in [-0.2, 0) is 28.7 Å². The number of ether oxygens (including phenoxy) is 2. The van der Waals surface area contributed by atoms with E-state index >= 15 is 0 Å². The summed E-state index contributed by atoms with van der Waals surface area (Å²) in [4.78, 5) is 80.7. The largest absolute Gasteiger partial charge is 0.508 e. The molecule has 3 fully saturated rings. The molecule has 0 radical (unpaired) electrons. The smallest absolute Gasteiger partial charge is 0.434 e. The van der Waals surface area contributed by atoms with Crippen molar-refractivity contribution in [3.63, 3.8) is 0 Å². The number of likely N-dealkylation sites (tertiary alicyclic amines) is 1. The van der Waals surface area contributed by atoms with Crippen molar-refractivity contribution in [2.45, 2.75) is 112 Å². The highest BCUT2D eigenvalue weighted by atomic mass is 16.7. The predicted molar refractivity (Wildman–Crippen MR) is 179 cm³/mol. The molecule has 4 N–H and O–H groups in total. The van der Waals surface area contributed by atoms with Crippen LogP contribution in [0.5, 0.6) is 0 Å². The molecule has 1 heterocycles. The Labute approximate surface area is 285 Å². The molecular formula is C35H57N5O8. The summed E-state index contributed by atoms with van der Waals surface area (Å²) in [7, 11) is 0. The Morgan fingerprint density at radius 2 is 1.60 bits per heavy atom. The first-order valence-electron chi connectivity index (χ1n) is 17.1. The number of Topliss-reactive ketones (excluding diaryl/α,β-unsaturated/α-hetero) is 1. The van der Waals surface area contributed by atoms with Gasteiger partial charge < -0.3 is 35.6 Å². The van der Waals surface area contributed by atoms with E-state index in [0.29, 0.717) is 25.5 Å². The fraction of sp³-hybridized carbons (Fsp3) is 0.771. The minimum absolute atomic E-state index is 0.0601. The third kappa shape index (κ3) is 9.72. The zero-order valence-electron chi connectivity index (χ0n) is 30.2. The average Bonchev–Trinajstić information content (AvgIpc) is 3.85. The van der Waals surface area contributed by atoms with Gasteiger partial charge in [0.1, 0.15) is 18.7 Å². The molecular weight excluding hydrogens is 618 g/mol. The highest BCUT2D eigenvalue weighted by molar-refractivity contribution is 6.38. The van der Waals surface area contributed by atoms with Crippen LogP contribution in [-0.4, -0.2) is 91.1 Å². The Balaban J connectivity index is 1.75. The van der Waals surface area contributed by atoms with Gasteiger partial charge in [-0.25, -0.2) is 9.59 Å². The molecule has 13 nitrogen and oxygen atoms in total. The van der Waals surface area contributed by atoms with Crippen molar-refractivity contribution < 1.29 is 38.2 Å². The van der Waals surface area contributed by atoms with Crippen LogP contribution in [0.1, 0.15) is 88.0 Å². The molecule has 2 saturated carbocycles. The summed E-state index contributed by atoms with van der Waals surface area (Å²) < 4.78 is 10.5. The Hall–Kier alpha value is -3.64. The third-order valence-corrected chi connectivity index (χ3v) is 9.84. The van der Waals surface area contributed by atoms with Gasteiger partial charge in [0.2, 0.25) is 17.6 Å². The lowest BCUT2D eigenvalue weighted by Crippen LogP contribution is -2.62. The van der Waals surface area contributed by atoms with Crippen LogP contribution < -0.4 is 21.3 Å². The summed E-state index contributed by atoms with van der Waals surface area (Å²) in [6, 6.07) is -4.17. The zero-order valence-corrected chi connectivity index (χ0v) is 30.2. The monoisotopic (exact) mass is 675 g/mol. The average molecular weight is 676 g/mol. The molecule has 0 aromatic heterocycles. The topological polar surface area (TPSA) is 172 Å². The van der Waals surface area contributed by atoms with Crippen LogP contribution in [0.4, 0.5) is 9.59 Å². The summed E-state index contributed by atoms with van der Waals surface area (Å²) in [5.74, 6) is -2.19. The molecule has 3 unspecified atom stereocenters. The number of urea groups is 1. The standard InChI is InChI=1S/C35H57N5O8/c1-11-13-22(26(41)29(43)36-16-12-2)37-28(42)25-24-21(35(24,9)10)17-40(25)30(44)27(34(6,7)8)39-31(45)38-23(33(3,4)5)19-48-32(46)47-18-20-14-15-20/h12,20-25,27H,2,11,13-19H2,1,3-10H3,(H,36,43)(H,37,42)(H2,38,39,45)/t21-,22?,23+,24-,25?,27?/m0/s1. The first kappa shape index (κ1) is 38.8. The number of piperidine rings is 1. The number of carbonyl (C=O) groups is 6. The second kappa shape index (κ2) is 15.3. The van der Waals surface area contributed by atoms with Gasteiger partial charge in [-0.2, -0.15) is 0 Å². The number of rotatable bonds is 15. The maximum absolute atomic E-state index is 14.3. The lowest BCUT2D eigenvalue weighted by Gasteiger charge is -2.38.